The van der Waals surface area contributed by atoms with Crippen LogP contribution >= 0.6 is 0 Å². The Bertz CT molecular complexity index is 406. The molecule has 2 fully saturated rings. The normalized spacial score (nSPS) is 24.8. The number of rotatable bonds is 6. The molecule has 134 valence electrons. The average Bonchev–Trinajstić information content (AvgIpc) is 3.26. The topological polar surface area (TPSA) is 59.1 Å². The van der Waals surface area contributed by atoms with E-state index in [1.807, 2.05) is 18.7 Å². The van der Waals surface area contributed by atoms with Gasteiger partial charge >= 0.3 is 6.03 Å². The third-order valence-corrected chi connectivity index (χ3v) is 4.95. The predicted molar refractivity (Wildman–Crippen MR) is 92.6 cm³/mol. The minimum atomic E-state index is -0.688. The van der Waals surface area contributed by atoms with Crippen LogP contribution in [0.1, 0.15) is 40.5 Å². The van der Waals surface area contributed by atoms with Crippen LogP contribution in [0.5, 0.6) is 0 Å². The molecule has 0 aromatic heterocycles. The summed E-state index contributed by atoms with van der Waals surface area (Å²) in [5, 5.41) is 13.0. The van der Waals surface area contributed by atoms with E-state index < -0.39 is 5.60 Å². The van der Waals surface area contributed by atoms with E-state index >= 15 is 0 Å². The Morgan fingerprint density at radius 2 is 2.04 bits per heavy atom. The lowest BCUT2D eigenvalue weighted by atomic mass is 10.1. The first-order chi connectivity index (χ1) is 10.7. The maximum absolute atomic E-state index is 12.4. The number of urea groups is 1. The molecule has 2 aliphatic rings. The summed E-state index contributed by atoms with van der Waals surface area (Å²) in [6, 6.07) is 1.29. The standard InChI is InChI=1S/C17H34N4O2/c1-13(19(5)15-6-7-15)10-18-16(22)21-9-8-20(11-14(21)2)12-17(3,4)23/h13-15,23H,6-12H2,1-5H3,(H,18,22)/t13-,14-/m1/s1. The fraction of sp³-hybridized carbons (Fsp3) is 0.941. The molecule has 2 atom stereocenters. The highest BCUT2D eigenvalue weighted by atomic mass is 16.3. The SMILES string of the molecule is C[C@@H]1CN(CC(C)(C)O)CCN1C(=O)NC[C@@H](C)N(C)C1CC1. The summed E-state index contributed by atoms with van der Waals surface area (Å²) in [5.41, 5.74) is -0.688. The van der Waals surface area contributed by atoms with Gasteiger partial charge in [0.2, 0.25) is 0 Å². The van der Waals surface area contributed by atoms with Crippen LogP contribution in [0.15, 0.2) is 0 Å². The second kappa shape index (κ2) is 7.36. The van der Waals surface area contributed by atoms with Gasteiger partial charge in [-0.25, -0.2) is 4.79 Å². The smallest absolute Gasteiger partial charge is 0.317 e. The number of piperazine rings is 1. The first-order valence-electron chi connectivity index (χ1n) is 8.88. The van der Waals surface area contributed by atoms with Crippen LogP contribution in [0, 0.1) is 0 Å². The van der Waals surface area contributed by atoms with Gasteiger partial charge in [-0.3, -0.25) is 9.80 Å². The summed E-state index contributed by atoms with van der Waals surface area (Å²) in [6.07, 6.45) is 2.57. The lowest BCUT2D eigenvalue weighted by Crippen LogP contribution is -2.59. The van der Waals surface area contributed by atoms with Crippen LogP contribution < -0.4 is 5.32 Å². The number of carbonyl (C=O) groups excluding carboxylic acids is 1. The zero-order chi connectivity index (χ0) is 17.2. The Hall–Kier alpha value is -0.850. The molecule has 0 spiro atoms. The van der Waals surface area contributed by atoms with Gasteiger partial charge in [0.05, 0.1) is 5.60 Å². The quantitative estimate of drug-likeness (QED) is 0.763. The highest BCUT2D eigenvalue weighted by Gasteiger charge is 2.31. The van der Waals surface area contributed by atoms with Gasteiger partial charge in [-0.15, -0.1) is 0 Å². The highest BCUT2D eigenvalue weighted by Crippen LogP contribution is 2.26. The van der Waals surface area contributed by atoms with E-state index in [4.69, 9.17) is 0 Å². The Labute approximate surface area is 140 Å². The van der Waals surface area contributed by atoms with E-state index in [2.05, 4.69) is 36.0 Å². The number of aliphatic hydroxyl groups is 1. The molecule has 1 saturated carbocycles. The van der Waals surface area contributed by atoms with Gasteiger partial charge < -0.3 is 15.3 Å². The number of amides is 2. The molecule has 6 nitrogen and oxygen atoms in total. The molecule has 0 unspecified atom stereocenters. The van der Waals surface area contributed by atoms with E-state index in [9.17, 15) is 9.90 Å². The summed E-state index contributed by atoms with van der Waals surface area (Å²) in [6.45, 7) is 11.6. The summed E-state index contributed by atoms with van der Waals surface area (Å²) < 4.78 is 0. The maximum atomic E-state index is 12.4. The van der Waals surface area contributed by atoms with E-state index in [1.54, 1.807) is 0 Å². The second-order valence-corrected chi connectivity index (χ2v) is 8.02. The van der Waals surface area contributed by atoms with Crippen molar-refractivity contribution in [2.24, 2.45) is 0 Å². The molecule has 2 amide bonds. The third-order valence-electron chi connectivity index (χ3n) is 4.95. The van der Waals surface area contributed by atoms with E-state index in [1.165, 1.54) is 12.8 Å². The number of β-amino-alcohol motifs (C(OH)–C–C–N with tert-alkyl or cyclic N) is 1. The van der Waals surface area contributed by atoms with Crippen molar-refractivity contribution < 1.29 is 9.90 Å². The van der Waals surface area contributed by atoms with Crippen LogP contribution in [0.3, 0.4) is 0 Å². The van der Waals surface area contributed by atoms with Gasteiger partial charge in [0.25, 0.3) is 0 Å². The molecule has 23 heavy (non-hydrogen) atoms. The number of nitrogens with one attached hydrogen (secondary N) is 1. The van der Waals surface area contributed by atoms with Crippen LogP contribution in [0.4, 0.5) is 4.79 Å². The van der Waals surface area contributed by atoms with Crippen LogP contribution in [-0.2, 0) is 0 Å². The molecular weight excluding hydrogens is 292 g/mol. The summed E-state index contributed by atoms with van der Waals surface area (Å²) >= 11 is 0. The van der Waals surface area contributed by atoms with Crippen LogP contribution in [0.2, 0.25) is 0 Å². The molecule has 1 saturated heterocycles. The Kier molecular flexibility index (Phi) is 5.92. The minimum absolute atomic E-state index is 0.0384. The van der Waals surface area contributed by atoms with Crippen LogP contribution in [-0.4, -0.2) is 89.3 Å². The van der Waals surface area contributed by atoms with Crippen molar-refractivity contribution in [2.75, 3.05) is 39.8 Å². The highest BCUT2D eigenvalue weighted by molar-refractivity contribution is 5.74. The average molecular weight is 326 g/mol. The zero-order valence-corrected chi connectivity index (χ0v) is 15.4. The van der Waals surface area contributed by atoms with Crippen molar-refractivity contribution in [1.82, 2.24) is 20.0 Å². The van der Waals surface area contributed by atoms with Gasteiger partial charge in [0.15, 0.2) is 0 Å². The Morgan fingerprint density at radius 3 is 2.57 bits per heavy atom. The van der Waals surface area contributed by atoms with Crippen molar-refractivity contribution in [3.63, 3.8) is 0 Å². The molecule has 6 heteroatoms. The first kappa shape index (κ1) is 18.5. The number of hydrogen-bond donors (Lipinski definition) is 2. The van der Waals surface area contributed by atoms with Gasteiger partial charge in [-0.05, 0) is 47.6 Å². The fourth-order valence-electron chi connectivity index (χ4n) is 3.35. The number of likely N-dealkylation sites (N-methyl/N-ethyl adjacent to an activating group) is 1. The van der Waals surface area contributed by atoms with Crippen molar-refractivity contribution >= 4 is 6.03 Å². The van der Waals surface area contributed by atoms with Gasteiger partial charge in [0, 0.05) is 50.8 Å². The van der Waals surface area contributed by atoms with E-state index in [0.29, 0.717) is 25.2 Å². The minimum Gasteiger partial charge on any atom is -0.389 e. The molecule has 2 N–H and O–H groups in total. The molecule has 0 radical (unpaired) electrons. The molecule has 1 aliphatic heterocycles. The summed E-state index contributed by atoms with van der Waals surface area (Å²) in [7, 11) is 2.15. The fourth-order valence-corrected chi connectivity index (χ4v) is 3.35. The molecule has 1 aliphatic carbocycles. The predicted octanol–water partition coefficient (Wildman–Crippen LogP) is 0.956. The molecule has 0 bridgehead atoms. The first-order valence-corrected chi connectivity index (χ1v) is 8.88. The largest absolute Gasteiger partial charge is 0.389 e. The molecular formula is C17H34N4O2. The number of hydrogen-bond acceptors (Lipinski definition) is 4. The zero-order valence-electron chi connectivity index (χ0n) is 15.4. The maximum Gasteiger partial charge on any atom is 0.317 e. The molecule has 1 heterocycles. The second-order valence-electron chi connectivity index (χ2n) is 8.02. The van der Waals surface area contributed by atoms with Crippen molar-refractivity contribution in [1.29, 1.82) is 0 Å². The van der Waals surface area contributed by atoms with E-state index in [0.717, 1.165) is 19.6 Å². The number of nitrogens with zero attached hydrogens (tertiary/aromatic N) is 3. The van der Waals surface area contributed by atoms with Gasteiger partial charge in [-0.1, -0.05) is 0 Å². The van der Waals surface area contributed by atoms with Crippen molar-refractivity contribution in [3.05, 3.63) is 0 Å². The summed E-state index contributed by atoms with van der Waals surface area (Å²) in [5.74, 6) is 0. The number of carbonyl (C=O) groups is 1. The lowest BCUT2D eigenvalue weighted by Gasteiger charge is -2.41. The monoisotopic (exact) mass is 326 g/mol. The van der Waals surface area contributed by atoms with Crippen molar-refractivity contribution in [2.45, 2.75) is 64.3 Å². The Morgan fingerprint density at radius 1 is 1.39 bits per heavy atom. The summed E-state index contributed by atoms with van der Waals surface area (Å²) in [4.78, 5) is 19.0. The third kappa shape index (κ3) is 5.62. The van der Waals surface area contributed by atoms with Crippen molar-refractivity contribution in [3.8, 4) is 0 Å². The molecule has 0 aromatic carbocycles. The Balaban J connectivity index is 1.74. The lowest BCUT2D eigenvalue weighted by molar-refractivity contribution is 0.0118. The molecule has 2 rings (SSSR count). The van der Waals surface area contributed by atoms with Gasteiger partial charge in [0.1, 0.15) is 0 Å². The van der Waals surface area contributed by atoms with Gasteiger partial charge in [-0.2, -0.15) is 0 Å². The van der Waals surface area contributed by atoms with E-state index in [-0.39, 0.29) is 12.1 Å². The van der Waals surface area contributed by atoms with Crippen LogP contribution in [0.25, 0.3) is 0 Å². The molecule has 0 aromatic rings.